The molecule has 0 bridgehead atoms. The number of hydrogen-bond acceptors (Lipinski definition) is 4. The van der Waals surface area contributed by atoms with Gasteiger partial charge in [-0.15, -0.1) is 0 Å². The van der Waals surface area contributed by atoms with E-state index in [1.54, 1.807) is 32.2 Å². The highest BCUT2D eigenvalue weighted by atomic mass is 35.5. The van der Waals surface area contributed by atoms with Crippen LogP contribution in [0.15, 0.2) is 18.2 Å². The number of nitrogens with zero attached hydrogens (tertiary/aromatic N) is 1. The molecule has 0 aliphatic carbocycles. The number of anilines is 1. The molecule has 1 aliphatic rings. The molecule has 126 valence electrons. The van der Waals surface area contributed by atoms with Gasteiger partial charge in [0.2, 0.25) is 5.91 Å². The molecule has 1 atom stereocenters. The number of benzene rings is 1. The molecule has 1 aromatic carbocycles. The standard InChI is InChI=1S/C16H21ClN2O4/c1-16(15(21)22)7-3-9-19(16)14(20)6-8-18-12-10-11(17)4-5-13(12)23-2/h4-5,10,18H,3,6-9H2,1-2H3,(H,21,22). The Morgan fingerprint density at radius 1 is 1.48 bits per heavy atom. The van der Waals surface area contributed by atoms with Crippen LogP contribution in [-0.2, 0) is 9.59 Å². The van der Waals surface area contributed by atoms with Gasteiger partial charge in [-0.2, -0.15) is 0 Å². The molecule has 23 heavy (non-hydrogen) atoms. The minimum absolute atomic E-state index is 0.166. The summed E-state index contributed by atoms with van der Waals surface area (Å²) in [6.45, 7) is 2.47. The van der Waals surface area contributed by atoms with Crippen molar-refractivity contribution in [1.82, 2.24) is 4.90 Å². The summed E-state index contributed by atoms with van der Waals surface area (Å²) >= 11 is 5.96. The summed E-state index contributed by atoms with van der Waals surface area (Å²) in [4.78, 5) is 25.2. The number of nitrogens with one attached hydrogen (secondary N) is 1. The predicted molar refractivity (Wildman–Crippen MR) is 88.1 cm³/mol. The molecule has 0 saturated carbocycles. The molecule has 1 heterocycles. The third kappa shape index (κ3) is 3.69. The van der Waals surface area contributed by atoms with Gasteiger partial charge >= 0.3 is 5.97 Å². The van der Waals surface area contributed by atoms with Crippen LogP contribution in [0.2, 0.25) is 5.02 Å². The van der Waals surface area contributed by atoms with Gasteiger partial charge in [0, 0.05) is 24.5 Å². The molecule has 1 unspecified atom stereocenters. The molecule has 2 rings (SSSR count). The van der Waals surface area contributed by atoms with E-state index in [2.05, 4.69) is 5.32 Å². The van der Waals surface area contributed by atoms with Crippen LogP contribution >= 0.6 is 11.6 Å². The predicted octanol–water partition coefficient (Wildman–Crippen LogP) is 2.62. The number of carbonyl (C=O) groups excluding carboxylic acids is 1. The lowest BCUT2D eigenvalue weighted by Gasteiger charge is -2.31. The highest BCUT2D eigenvalue weighted by Crippen LogP contribution is 2.30. The van der Waals surface area contributed by atoms with Gasteiger partial charge in [-0.05, 0) is 38.0 Å². The molecule has 2 N–H and O–H groups in total. The van der Waals surface area contributed by atoms with E-state index in [0.717, 1.165) is 0 Å². The van der Waals surface area contributed by atoms with Crippen molar-refractivity contribution in [3.05, 3.63) is 23.2 Å². The van der Waals surface area contributed by atoms with Gasteiger partial charge in [0.15, 0.2) is 0 Å². The van der Waals surface area contributed by atoms with Crippen LogP contribution in [0.25, 0.3) is 0 Å². The minimum Gasteiger partial charge on any atom is -0.495 e. The van der Waals surface area contributed by atoms with E-state index in [0.29, 0.717) is 42.4 Å². The highest BCUT2D eigenvalue weighted by molar-refractivity contribution is 6.30. The lowest BCUT2D eigenvalue weighted by molar-refractivity contribution is -0.155. The van der Waals surface area contributed by atoms with Crippen molar-refractivity contribution in [1.29, 1.82) is 0 Å². The van der Waals surface area contributed by atoms with Crippen molar-refractivity contribution in [2.75, 3.05) is 25.5 Å². The molecule has 7 heteroatoms. The topological polar surface area (TPSA) is 78.9 Å². The van der Waals surface area contributed by atoms with E-state index in [-0.39, 0.29) is 12.3 Å². The van der Waals surface area contributed by atoms with Gasteiger partial charge in [-0.25, -0.2) is 4.79 Å². The average Bonchev–Trinajstić information content (AvgIpc) is 2.91. The van der Waals surface area contributed by atoms with Crippen LogP contribution in [-0.4, -0.2) is 47.6 Å². The fourth-order valence-corrected chi connectivity index (χ4v) is 3.01. The lowest BCUT2D eigenvalue weighted by Crippen LogP contribution is -2.51. The smallest absolute Gasteiger partial charge is 0.329 e. The number of rotatable bonds is 6. The second-order valence-electron chi connectivity index (χ2n) is 5.75. The molecule has 6 nitrogen and oxygen atoms in total. The number of hydrogen-bond donors (Lipinski definition) is 2. The Hall–Kier alpha value is -1.95. The fourth-order valence-electron chi connectivity index (χ4n) is 2.84. The molecular formula is C16H21ClN2O4. The molecule has 1 saturated heterocycles. The first-order valence-corrected chi connectivity index (χ1v) is 7.87. The Labute approximate surface area is 140 Å². The van der Waals surface area contributed by atoms with E-state index >= 15 is 0 Å². The Balaban J connectivity index is 1.95. The van der Waals surface area contributed by atoms with Crippen LogP contribution in [0.4, 0.5) is 5.69 Å². The van der Waals surface area contributed by atoms with E-state index in [4.69, 9.17) is 16.3 Å². The maximum absolute atomic E-state index is 12.3. The first-order chi connectivity index (χ1) is 10.9. The zero-order chi connectivity index (χ0) is 17.0. The van der Waals surface area contributed by atoms with Crippen molar-refractivity contribution >= 4 is 29.2 Å². The molecule has 1 fully saturated rings. The third-order valence-electron chi connectivity index (χ3n) is 4.22. The van der Waals surface area contributed by atoms with E-state index in [1.165, 1.54) is 4.90 Å². The van der Waals surface area contributed by atoms with Crippen LogP contribution in [0.1, 0.15) is 26.2 Å². The Kier molecular flexibility index (Phi) is 5.36. The number of carbonyl (C=O) groups is 2. The zero-order valence-corrected chi connectivity index (χ0v) is 14.0. The second-order valence-corrected chi connectivity index (χ2v) is 6.19. The van der Waals surface area contributed by atoms with Gasteiger partial charge in [0.25, 0.3) is 0 Å². The van der Waals surface area contributed by atoms with Gasteiger partial charge in [0.1, 0.15) is 11.3 Å². The van der Waals surface area contributed by atoms with Gasteiger partial charge < -0.3 is 20.1 Å². The summed E-state index contributed by atoms with van der Waals surface area (Å²) in [6, 6.07) is 5.19. The van der Waals surface area contributed by atoms with E-state index < -0.39 is 11.5 Å². The Morgan fingerprint density at radius 2 is 2.22 bits per heavy atom. The summed E-state index contributed by atoms with van der Waals surface area (Å²) < 4.78 is 5.23. The summed E-state index contributed by atoms with van der Waals surface area (Å²) in [5.74, 6) is -0.480. The first-order valence-electron chi connectivity index (χ1n) is 7.50. The first kappa shape index (κ1) is 17.4. The number of aliphatic carboxylic acids is 1. The number of methoxy groups -OCH3 is 1. The molecule has 0 aromatic heterocycles. The number of ether oxygens (including phenoxy) is 1. The second kappa shape index (κ2) is 7.08. The maximum Gasteiger partial charge on any atom is 0.329 e. The summed E-state index contributed by atoms with van der Waals surface area (Å²) in [5, 5.41) is 13.0. The zero-order valence-electron chi connectivity index (χ0n) is 13.3. The number of amides is 1. The van der Waals surface area contributed by atoms with Gasteiger partial charge in [-0.1, -0.05) is 11.6 Å². The van der Waals surface area contributed by atoms with E-state index in [1.807, 2.05) is 0 Å². The summed E-state index contributed by atoms with van der Waals surface area (Å²) in [7, 11) is 1.56. The molecule has 0 radical (unpaired) electrons. The molecular weight excluding hydrogens is 320 g/mol. The van der Waals surface area contributed by atoms with Crippen molar-refractivity contribution in [2.45, 2.75) is 31.7 Å². The number of halogens is 1. The van der Waals surface area contributed by atoms with Crippen LogP contribution in [0.3, 0.4) is 0 Å². The van der Waals surface area contributed by atoms with Crippen LogP contribution in [0.5, 0.6) is 5.75 Å². The fraction of sp³-hybridized carbons (Fsp3) is 0.500. The van der Waals surface area contributed by atoms with Crippen molar-refractivity contribution in [2.24, 2.45) is 0 Å². The molecule has 1 aromatic rings. The van der Waals surface area contributed by atoms with Crippen LogP contribution < -0.4 is 10.1 Å². The summed E-state index contributed by atoms with van der Waals surface area (Å²) in [6.07, 6.45) is 1.41. The van der Waals surface area contributed by atoms with Crippen molar-refractivity contribution in [3.8, 4) is 5.75 Å². The highest BCUT2D eigenvalue weighted by Gasteiger charge is 2.45. The Morgan fingerprint density at radius 3 is 2.87 bits per heavy atom. The number of carboxylic acid groups (broad SMARTS) is 1. The SMILES string of the molecule is COc1ccc(Cl)cc1NCCC(=O)N1CCCC1(C)C(=O)O. The number of likely N-dealkylation sites (tertiary alicyclic amines) is 1. The molecule has 0 spiro atoms. The van der Waals surface area contributed by atoms with Crippen LogP contribution in [0, 0.1) is 0 Å². The van der Waals surface area contributed by atoms with Gasteiger partial charge in [-0.3, -0.25) is 4.79 Å². The normalized spacial score (nSPS) is 20.4. The summed E-state index contributed by atoms with van der Waals surface area (Å²) in [5.41, 5.74) is -0.389. The maximum atomic E-state index is 12.3. The minimum atomic E-state index is -1.09. The van der Waals surface area contributed by atoms with E-state index in [9.17, 15) is 14.7 Å². The van der Waals surface area contributed by atoms with Crippen molar-refractivity contribution in [3.63, 3.8) is 0 Å². The monoisotopic (exact) mass is 340 g/mol. The lowest BCUT2D eigenvalue weighted by atomic mass is 9.99. The average molecular weight is 341 g/mol. The molecule has 1 aliphatic heterocycles. The quantitative estimate of drug-likeness (QED) is 0.832. The Bertz CT molecular complexity index is 608. The third-order valence-corrected chi connectivity index (χ3v) is 4.45. The van der Waals surface area contributed by atoms with Crippen molar-refractivity contribution < 1.29 is 19.4 Å². The number of carboxylic acids is 1. The molecule has 1 amide bonds. The van der Waals surface area contributed by atoms with Gasteiger partial charge in [0.05, 0.1) is 12.8 Å². The largest absolute Gasteiger partial charge is 0.495 e.